The third kappa shape index (κ3) is 3.58. The predicted molar refractivity (Wildman–Crippen MR) is 106 cm³/mol. The topological polar surface area (TPSA) is 32.8 Å². The summed E-state index contributed by atoms with van der Waals surface area (Å²) < 4.78 is 7.23. The van der Waals surface area contributed by atoms with Gasteiger partial charge in [-0.25, -0.2) is 0 Å². The lowest BCUT2D eigenvalue weighted by atomic mass is 9.76. The van der Waals surface area contributed by atoms with Gasteiger partial charge in [-0.1, -0.05) is 15.9 Å². The van der Waals surface area contributed by atoms with E-state index in [4.69, 9.17) is 4.74 Å². The predicted octanol–water partition coefficient (Wildman–Crippen LogP) is 4.09. The molecule has 0 N–H and O–H groups in total. The van der Waals surface area contributed by atoms with Gasteiger partial charge in [0.25, 0.3) is 5.91 Å². The number of halogens is 1. The first-order chi connectivity index (χ1) is 12.6. The quantitative estimate of drug-likeness (QED) is 0.737. The Morgan fingerprint density at radius 2 is 1.92 bits per heavy atom. The molecule has 0 radical (unpaired) electrons. The van der Waals surface area contributed by atoms with E-state index in [1.165, 1.54) is 25.7 Å². The fraction of sp³-hybridized carbons (Fsp3) is 0.667. The van der Waals surface area contributed by atoms with E-state index in [0.717, 1.165) is 49.0 Å². The van der Waals surface area contributed by atoms with E-state index in [1.807, 2.05) is 36.2 Å². The van der Waals surface area contributed by atoms with Crippen LogP contribution in [0.3, 0.4) is 0 Å². The van der Waals surface area contributed by atoms with Crippen LogP contribution in [0, 0.1) is 0 Å². The number of amides is 1. The van der Waals surface area contributed by atoms with Crippen LogP contribution < -0.4 is 0 Å². The van der Waals surface area contributed by atoms with Gasteiger partial charge in [-0.2, -0.15) is 0 Å². The highest BCUT2D eigenvalue weighted by molar-refractivity contribution is 9.10. The first kappa shape index (κ1) is 18.5. The van der Waals surface area contributed by atoms with Gasteiger partial charge in [0.1, 0.15) is 0 Å². The normalized spacial score (nSPS) is 32.2. The molecule has 1 saturated carbocycles. The molecular weight excluding hydrogens is 392 g/mol. The van der Waals surface area contributed by atoms with Crippen molar-refractivity contribution in [1.29, 1.82) is 0 Å². The van der Waals surface area contributed by atoms with Crippen molar-refractivity contribution in [2.24, 2.45) is 0 Å². The molecule has 142 valence electrons. The molecule has 2 aliphatic heterocycles. The third-order valence-electron chi connectivity index (χ3n) is 6.62. The second-order valence-electron chi connectivity index (χ2n) is 8.18. The summed E-state index contributed by atoms with van der Waals surface area (Å²) in [4.78, 5) is 17.7. The number of likely N-dealkylation sites (N-methyl/N-ethyl adjacent to an activating group) is 1. The van der Waals surface area contributed by atoms with Gasteiger partial charge in [-0.15, -0.1) is 0 Å². The number of carbonyl (C=O) groups excluding carboxylic acids is 1. The van der Waals surface area contributed by atoms with E-state index in [1.54, 1.807) is 0 Å². The van der Waals surface area contributed by atoms with Gasteiger partial charge in [0.2, 0.25) is 0 Å². The number of hydrogen-bond acceptors (Lipinski definition) is 3. The largest absolute Gasteiger partial charge is 0.375 e. The second-order valence-corrected chi connectivity index (χ2v) is 9.09. The molecule has 1 spiro atoms. The lowest BCUT2D eigenvalue weighted by molar-refractivity contribution is -0.0687. The Morgan fingerprint density at radius 1 is 1.19 bits per heavy atom. The van der Waals surface area contributed by atoms with Crippen molar-refractivity contribution in [3.8, 4) is 0 Å². The van der Waals surface area contributed by atoms with E-state index in [9.17, 15) is 4.79 Å². The number of carbonyl (C=O) groups is 1. The molecular formula is C21H29BrN2O2. The summed E-state index contributed by atoms with van der Waals surface area (Å²) >= 11 is 3.45. The van der Waals surface area contributed by atoms with Crippen LogP contribution in [0.2, 0.25) is 0 Å². The monoisotopic (exact) mass is 420 g/mol. The Labute approximate surface area is 165 Å². The molecule has 2 saturated heterocycles. The van der Waals surface area contributed by atoms with E-state index >= 15 is 0 Å². The molecule has 4 nitrogen and oxygen atoms in total. The first-order valence-corrected chi connectivity index (χ1v) is 10.8. The van der Waals surface area contributed by atoms with Crippen LogP contribution in [0.25, 0.3) is 0 Å². The molecule has 2 heterocycles. The average molecular weight is 421 g/mol. The van der Waals surface area contributed by atoms with Gasteiger partial charge in [0.15, 0.2) is 0 Å². The molecule has 4 rings (SSSR count). The number of rotatable bonds is 3. The zero-order chi connectivity index (χ0) is 18.1. The van der Waals surface area contributed by atoms with Crippen LogP contribution in [-0.4, -0.2) is 60.1 Å². The van der Waals surface area contributed by atoms with Gasteiger partial charge in [0.05, 0.1) is 5.60 Å². The second kappa shape index (κ2) is 7.61. The zero-order valence-electron chi connectivity index (χ0n) is 15.6. The summed E-state index contributed by atoms with van der Waals surface area (Å²) in [7, 11) is 1.99. The molecule has 3 aliphatic rings. The standard InChI is InChI=1S/C21H29BrN2O2/c1-23(20(25)16-5-7-17(22)8-6-16)18-9-11-21(10-4-14-26-21)15-19(18)24-12-2-3-13-24/h5-8,18-19H,2-4,9-15H2,1H3. The minimum absolute atomic E-state index is 0.0747. The van der Waals surface area contributed by atoms with Gasteiger partial charge in [-0.05, 0) is 82.3 Å². The van der Waals surface area contributed by atoms with E-state index in [-0.39, 0.29) is 17.6 Å². The highest BCUT2D eigenvalue weighted by Crippen LogP contribution is 2.43. The molecule has 0 bridgehead atoms. The smallest absolute Gasteiger partial charge is 0.253 e. The van der Waals surface area contributed by atoms with Gasteiger partial charge in [-0.3, -0.25) is 9.69 Å². The van der Waals surface area contributed by atoms with E-state index in [0.29, 0.717) is 6.04 Å². The van der Waals surface area contributed by atoms with Crippen molar-refractivity contribution in [2.75, 3.05) is 26.7 Å². The van der Waals surface area contributed by atoms with Crippen LogP contribution >= 0.6 is 15.9 Å². The summed E-state index contributed by atoms with van der Waals surface area (Å²) in [5.41, 5.74) is 0.846. The minimum Gasteiger partial charge on any atom is -0.375 e. The van der Waals surface area contributed by atoms with Crippen LogP contribution in [-0.2, 0) is 4.74 Å². The molecule has 0 aromatic heterocycles. The molecule has 1 aromatic rings. The summed E-state index contributed by atoms with van der Waals surface area (Å²) in [6, 6.07) is 8.42. The summed E-state index contributed by atoms with van der Waals surface area (Å²) in [5.74, 6) is 0.134. The summed E-state index contributed by atoms with van der Waals surface area (Å²) in [6.07, 6.45) is 8.14. The molecule has 1 amide bonds. The Morgan fingerprint density at radius 3 is 2.58 bits per heavy atom. The Balaban J connectivity index is 1.54. The van der Waals surface area contributed by atoms with Crippen LogP contribution in [0.1, 0.15) is 55.3 Å². The number of nitrogens with zero attached hydrogens (tertiary/aromatic N) is 2. The molecule has 5 heteroatoms. The number of likely N-dealkylation sites (tertiary alicyclic amines) is 1. The number of ether oxygens (including phenoxy) is 1. The fourth-order valence-corrected chi connectivity index (χ4v) is 5.44. The SMILES string of the molecule is CN(C(=O)c1ccc(Br)cc1)C1CCC2(CCCO2)CC1N1CCCC1. The molecule has 1 aromatic carbocycles. The van der Waals surface area contributed by atoms with Crippen LogP contribution in [0.15, 0.2) is 28.7 Å². The Hall–Kier alpha value is -0.910. The molecule has 26 heavy (non-hydrogen) atoms. The fourth-order valence-electron chi connectivity index (χ4n) is 5.18. The maximum absolute atomic E-state index is 13.1. The lowest BCUT2D eigenvalue weighted by Gasteiger charge is -2.48. The van der Waals surface area contributed by atoms with Gasteiger partial charge in [0, 0.05) is 35.8 Å². The lowest BCUT2D eigenvalue weighted by Crippen LogP contribution is -2.58. The van der Waals surface area contributed by atoms with Gasteiger partial charge < -0.3 is 9.64 Å². The number of hydrogen-bond donors (Lipinski definition) is 0. The minimum atomic E-state index is 0.0747. The van der Waals surface area contributed by atoms with Crippen molar-refractivity contribution in [2.45, 2.75) is 62.6 Å². The van der Waals surface area contributed by atoms with Crippen molar-refractivity contribution in [3.63, 3.8) is 0 Å². The van der Waals surface area contributed by atoms with E-state index < -0.39 is 0 Å². The van der Waals surface area contributed by atoms with Crippen molar-refractivity contribution < 1.29 is 9.53 Å². The Bertz CT molecular complexity index is 636. The molecule has 3 atom stereocenters. The van der Waals surface area contributed by atoms with Crippen LogP contribution in [0.4, 0.5) is 0 Å². The van der Waals surface area contributed by atoms with E-state index in [2.05, 4.69) is 20.8 Å². The zero-order valence-corrected chi connectivity index (χ0v) is 17.2. The highest BCUT2D eigenvalue weighted by Gasteiger charge is 2.47. The molecule has 1 aliphatic carbocycles. The summed E-state index contributed by atoms with van der Waals surface area (Å²) in [6.45, 7) is 3.24. The third-order valence-corrected chi connectivity index (χ3v) is 7.15. The maximum atomic E-state index is 13.1. The first-order valence-electron chi connectivity index (χ1n) is 9.99. The average Bonchev–Trinajstić information content (AvgIpc) is 3.34. The van der Waals surface area contributed by atoms with Crippen molar-refractivity contribution in [3.05, 3.63) is 34.3 Å². The Kier molecular flexibility index (Phi) is 5.40. The number of benzene rings is 1. The van der Waals surface area contributed by atoms with Crippen molar-refractivity contribution >= 4 is 21.8 Å². The van der Waals surface area contributed by atoms with Crippen LogP contribution in [0.5, 0.6) is 0 Å². The van der Waals surface area contributed by atoms with Crippen molar-refractivity contribution in [1.82, 2.24) is 9.80 Å². The maximum Gasteiger partial charge on any atom is 0.253 e. The summed E-state index contributed by atoms with van der Waals surface area (Å²) in [5, 5.41) is 0. The molecule has 3 fully saturated rings. The molecule has 3 unspecified atom stereocenters. The van der Waals surface area contributed by atoms with Gasteiger partial charge >= 0.3 is 0 Å². The highest BCUT2D eigenvalue weighted by atomic mass is 79.9.